The van der Waals surface area contributed by atoms with Gasteiger partial charge in [-0.25, -0.2) is 9.69 Å². The highest BCUT2D eigenvalue weighted by Gasteiger charge is 2.43. The highest BCUT2D eigenvalue weighted by molar-refractivity contribution is 9.10. The van der Waals surface area contributed by atoms with Gasteiger partial charge in [-0.3, -0.25) is 14.4 Å². The van der Waals surface area contributed by atoms with Crippen LogP contribution in [0.3, 0.4) is 0 Å². The number of carboxylic acid groups (broad SMARTS) is 1. The van der Waals surface area contributed by atoms with Crippen molar-refractivity contribution in [1.29, 1.82) is 0 Å². The van der Waals surface area contributed by atoms with E-state index in [-0.39, 0.29) is 13.0 Å². The molecular formula is C23H21BrN2O6. The molecule has 3 amide bonds. The number of rotatable bonds is 8. The molecule has 0 spiro atoms. The van der Waals surface area contributed by atoms with Crippen molar-refractivity contribution in [3.8, 4) is 5.75 Å². The Hall–Kier alpha value is -3.46. The lowest BCUT2D eigenvalue weighted by Gasteiger charge is -2.26. The van der Waals surface area contributed by atoms with E-state index in [1.165, 1.54) is 4.90 Å². The lowest BCUT2D eigenvalue weighted by atomic mass is 10.1. The van der Waals surface area contributed by atoms with Gasteiger partial charge in [0.25, 0.3) is 5.91 Å². The SMILES string of the molecule is COc1ccc(CCN(C(=O)/C=C/C(=O)O)C2CC(=O)N(c3ccc(Br)cc3)C2=O)cc1. The molecule has 1 fully saturated rings. The minimum Gasteiger partial charge on any atom is -0.497 e. The fraction of sp³-hybridized carbons (Fsp3) is 0.217. The molecule has 0 aliphatic carbocycles. The van der Waals surface area contributed by atoms with Gasteiger partial charge in [-0.1, -0.05) is 28.1 Å². The van der Waals surface area contributed by atoms with E-state index in [0.29, 0.717) is 17.9 Å². The summed E-state index contributed by atoms with van der Waals surface area (Å²) >= 11 is 3.31. The summed E-state index contributed by atoms with van der Waals surface area (Å²) in [5, 5.41) is 8.87. The van der Waals surface area contributed by atoms with E-state index in [1.807, 2.05) is 12.1 Å². The molecule has 9 heteroatoms. The van der Waals surface area contributed by atoms with E-state index in [4.69, 9.17) is 9.84 Å². The lowest BCUT2D eigenvalue weighted by molar-refractivity contribution is -0.135. The van der Waals surface area contributed by atoms with Crippen molar-refractivity contribution >= 4 is 45.3 Å². The average Bonchev–Trinajstić information content (AvgIpc) is 3.07. The topological polar surface area (TPSA) is 104 Å². The monoisotopic (exact) mass is 500 g/mol. The number of imide groups is 1. The van der Waals surface area contributed by atoms with Crippen LogP contribution in [0.1, 0.15) is 12.0 Å². The van der Waals surface area contributed by atoms with Gasteiger partial charge in [0, 0.05) is 23.2 Å². The van der Waals surface area contributed by atoms with Crippen LogP contribution >= 0.6 is 15.9 Å². The van der Waals surface area contributed by atoms with Gasteiger partial charge in [0.15, 0.2) is 0 Å². The smallest absolute Gasteiger partial charge is 0.328 e. The van der Waals surface area contributed by atoms with Crippen molar-refractivity contribution in [2.45, 2.75) is 18.9 Å². The summed E-state index contributed by atoms with van der Waals surface area (Å²) < 4.78 is 5.93. The van der Waals surface area contributed by atoms with Crippen LogP contribution in [-0.2, 0) is 25.6 Å². The van der Waals surface area contributed by atoms with Gasteiger partial charge in [-0.15, -0.1) is 0 Å². The molecule has 1 aliphatic heterocycles. The summed E-state index contributed by atoms with van der Waals surface area (Å²) in [7, 11) is 1.56. The van der Waals surface area contributed by atoms with E-state index in [9.17, 15) is 19.2 Å². The molecule has 166 valence electrons. The highest BCUT2D eigenvalue weighted by atomic mass is 79.9. The summed E-state index contributed by atoms with van der Waals surface area (Å²) in [6.07, 6.45) is 1.85. The molecule has 0 saturated carbocycles. The number of methoxy groups -OCH3 is 1. The first-order valence-corrected chi connectivity index (χ1v) is 10.6. The van der Waals surface area contributed by atoms with Crippen molar-refractivity contribution in [1.82, 2.24) is 4.90 Å². The zero-order valence-corrected chi connectivity index (χ0v) is 18.8. The van der Waals surface area contributed by atoms with Crippen LogP contribution in [0.2, 0.25) is 0 Å². The number of carboxylic acids is 1. The highest BCUT2D eigenvalue weighted by Crippen LogP contribution is 2.27. The number of aliphatic carboxylic acids is 1. The second-order valence-corrected chi connectivity index (χ2v) is 7.98. The van der Waals surface area contributed by atoms with Gasteiger partial charge < -0.3 is 14.7 Å². The molecule has 1 aliphatic rings. The number of carbonyl (C=O) groups excluding carboxylic acids is 3. The quantitative estimate of drug-likeness (QED) is 0.441. The zero-order chi connectivity index (χ0) is 23.3. The lowest BCUT2D eigenvalue weighted by Crippen LogP contribution is -2.45. The number of amides is 3. The molecule has 0 bridgehead atoms. The van der Waals surface area contributed by atoms with Gasteiger partial charge in [-0.2, -0.15) is 0 Å². The van der Waals surface area contributed by atoms with Crippen LogP contribution < -0.4 is 9.64 Å². The third kappa shape index (κ3) is 5.42. The molecule has 2 aromatic carbocycles. The molecule has 1 saturated heterocycles. The van der Waals surface area contributed by atoms with Crippen molar-refractivity contribution in [3.63, 3.8) is 0 Å². The van der Waals surface area contributed by atoms with E-state index in [1.54, 1.807) is 43.5 Å². The van der Waals surface area contributed by atoms with Crippen LogP contribution in [0.5, 0.6) is 5.75 Å². The second kappa shape index (κ2) is 10.2. The predicted octanol–water partition coefficient (Wildman–Crippen LogP) is 2.80. The fourth-order valence-electron chi connectivity index (χ4n) is 3.42. The molecule has 1 unspecified atom stereocenters. The Balaban J connectivity index is 1.83. The first-order valence-electron chi connectivity index (χ1n) is 9.77. The van der Waals surface area contributed by atoms with Gasteiger partial charge >= 0.3 is 5.97 Å². The van der Waals surface area contributed by atoms with Crippen molar-refractivity contribution in [2.75, 3.05) is 18.6 Å². The largest absolute Gasteiger partial charge is 0.497 e. The van der Waals surface area contributed by atoms with Crippen molar-refractivity contribution in [3.05, 3.63) is 70.7 Å². The number of hydrogen-bond donors (Lipinski definition) is 1. The van der Waals surface area contributed by atoms with E-state index in [0.717, 1.165) is 27.1 Å². The number of ether oxygens (including phenoxy) is 1. The summed E-state index contributed by atoms with van der Waals surface area (Å²) in [6, 6.07) is 12.9. The van der Waals surface area contributed by atoms with Crippen LogP contribution in [0.25, 0.3) is 0 Å². The zero-order valence-electron chi connectivity index (χ0n) is 17.2. The van der Waals surface area contributed by atoms with Crippen molar-refractivity contribution < 1.29 is 29.0 Å². The number of nitrogens with zero attached hydrogens (tertiary/aromatic N) is 2. The van der Waals surface area contributed by atoms with Crippen LogP contribution in [0.15, 0.2) is 65.2 Å². The summed E-state index contributed by atoms with van der Waals surface area (Å²) in [6.45, 7) is 0.132. The van der Waals surface area contributed by atoms with Gasteiger partial charge in [0.1, 0.15) is 11.8 Å². The Morgan fingerprint density at radius 2 is 1.78 bits per heavy atom. The van der Waals surface area contributed by atoms with Crippen LogP contribution in [0, 0.1) is 0 Å². The summed E-state index contributed by atoms with van der Waals surface area (Å²) in [5.74, 6) is -2.19. The first-order chi connectivity index (χ1) is 15.3. The maximum atomic E-state index is 13.1. The van der Waals surface area contributed by atoms with E-state index < -0.39 is 29.7 Å². The Labute approximate surface area is 193 Å². The number of halogens is 1. The van der Waals surface area contributed by atoms with Crippen LogP contribution in [0.4, 0.5) is 5.69 Å². The predicted molar refractivity (Wildman–Crippen MR) is 120 cm³/mol. The van der Waals surface area contributed by atoms with Crippen LogP contribution in [-0.4, -0.2) is 53.4 Å². The van der Waals surface area contributed by atoms with Gasteiger partial charge in [0.05, 0.1) is 19.2 Å². The molecule has 3 rings (SSSR count). The Morgan fingerprint density at radius 3 is 2.38 bits per heavy atom. The average molecular weight is 501 g/mol. The molecule has 0 aromatic heterocycles. The molecule has 32 heavy (non-hydrogen) atoms. The number of carbonyl (C=O) groups is 4. The maximum Gasteiger partial charge on any atom is 0.328 e. The number of anilines is 1. The minimum atomic E-state index is -1.28. The third-order valence-corrected chi connectivity index (χ3v) is 5.56. The Kier molecular flexibility index (Phi) is 7.42. The molecule has 8 nitrogen and oxygen atoms in total. The summed E-state index contributed by atoms with van der Waals surface area (Å²) in [4.78, 5) is 51.7. The normalized spacial score (nSPS) is 15.9. The minimum absolute atomic E-state index is 0.132. The maximum absolute atomic E-state index is 13.1. The summed E-state index contributed by atoms with van der Waals surface area (Å²) in [5.41, 5.74) is 1.31. The second-order valence-electron chi connectivity index (χ2n) is 7.07. The molecule has 2 aromatic rings. The van der Waals surface area contributed by atoms with Gasteiger partial charge in [0.2, 0.25) is 11.8 Å². The van der Waals surface area contributed by atoms with E-state index in [2.05, 4.69) is 15.9 Å². The number of hydrogen-bond acceptors (Lipinski definition) is 5. The molecule has 1 N–H and O–H groups in total. The van der Waals surface area contributed by atoms with E-state index >= 15 is 0 Å². The van der Waals surface area contributed by atoms with Crippen molar-refractivity contribution in [2.24, 2.45) is 0 Å². The molecular weight excluding hydrogens is 480 g/mol. The first kappa shape index (κ1) is 23.2. The Morgan fingerprint density at radius 1 is 1.12 bits per heavy atom. The molecule has 1 heterocycles. The molecule has 1 atom stereocenters. The standard InChI is InChI=1S/C23H21BrN2O6/c1-32-18-8-2-15(3-9-18)12-13-25(20(27)10-11-22(29)30)19-14-21(28)26(23(19)31)17-6-4-16(24)5-7-17/h2-11,19H,12-14H2,1H3,(H,29,30)/b11-10+. The number of benzene rings is 2. The molecule has 0 radical (unpaired) electrons. The fourth-order valence-corrected chi connectivity index (χ4v) is 3.68. The third-order valence-electron chi connectivity index (χ3n) is 5.04. The Bertz CT molecular complexity index is 1050. The van der Waals surface area contributed by atoms with Gasteiger partial charge in [-0.05, 0) is 48.4 Å².